The number of nitrogens with two attached hydrogens (primary N) is 2. The summed E-state index contributed by atoms with van der Waals surface area (Å²) in [6.45, 7) is 4.72. The van der Waals surface area contributed by atoms with E-state index in [4.69, 9.17) is 11.5 Å². The summed E-state index contributed by atoms with van der Waals surface area (Å²) in [6, 6.07) is 11.1. The number of carbonyl (C=O) groups is 6. The predicted molar refractivity (Wildman–Crippen MR) is 207 cm³/mol. The number of imide groups is 2. The van der Waals surface area contributed by atoms with Crippen molar-refractivity contribution in [1.82, 2.24) is 25.5 Å². The van der Waals surface area contributed by atoms with Crippen LogP contribution in [-0.4, -0.2) is 88.1 Å². The lowest BCUT2D eigenvalue weighted by Crippen LogP contribution is -2.54. The highest BCUT2D eigenvalue weighted by atomic mass is 32.2. The van der Waals surface area contributed by atoms with Gasteiger partial charge >= 0.3 is 0 Å². The molecule has 1 unspecified atom stereocenters. The van der Waals surface area contributed by atoms with E-state index in [1.54, 1.807) is 42.6 Å². The molecule has 290 valence electrons. The molecule has 1 aromatic heterocycles. The maximum absolute atomic E-state index is 13.0. The summed E-state index contributed by atoms with van der Waals surface area (Å²) in [7, 11) is 0. The van der Waals surface area contributed by atoms with Gasteiger partial charge in [-0.15, -0.1) is 0 Å². The minimum atomic E-state index is -1.00. The van der Waals surface area contributed by atoms with Gasteiger partial charge in [0.15, 0.2) is 5.82 Å². The Morgan fingerprint density at radius 3 is 2.44 bits per heavy atom. The first-order valence-corrected chi connectivity index (χ1v) is 19.3. The average molecular weight is 771 g/mol. The molecule has 0 bridgehead atoms. The van der Waals surface area contributed by atoms with E-state index in [2.05, 4.69) is 43.1 Å². The molecule has 2 aromatic carbocycles. The molecule has 3 aromatic rings. The minimum Gasteiger partial charge on any atom is -0.385 e. The number of nitrogens with one attached hydrogen (secondary N) is 4. The topological polar surface area (TPSA) is 235 Å². The predicted octanol–water partition coefficient (Wildman–Crippen LogP) is 3.05. The monoisotopic (exact) mass is 770 g/mol. The molecule has 2 fully saturated rings. The van der Waals surface area contributed by atoms with E-state index in [0.717, 1.165) is 67.2 Å². The number of carbonyl (C=O) groups excluding carboxylic acids is 6. The summed E-state index contributed by atoms with van der Waals surface area (Å²) in [5.41, 5.74) is 14.0. The van der Waals surface area contributed by atoms with Crippen LogP contribution < -0.4 is 37.6 Å². The number of hydrogen-bond donors (Lipinski definition) is 6. The number of piperidine rings is 2. The highest BCUT2D eigenvalue weighted by Gasteiger charge is 2.44. The maximum Gasteiger partial charge on any atom is 0.262 e. The third-order valence-electron chi connectivity index (χ3n) is 9.83. The van der Waals surface area contributed by atoms with Gasteiger partial charge in [-0.2, -0.15) is 0 Å². The van der Waals surface area contributed by atoms with Crippen molar-refractivity contribution in [1.29, 1.82) is 0 Å². The summed E-state index contributed by atoms with van der Waals surface area (Å²) in [4.78, 5) is 87.7. The first-order chi connectivity index (χ1) is 26.4. The number of hydrogen-bond acceptors (Lipinski definition) is 13. The zero-order valence-corrected chi connectivity index (χ0v) is 31.5. The Labute approximate surface area is 322 Å². The SMILES string of the molecule is CC1(N)CCN(c2cnc(Sc3cccc(NC(=O)CC(=O)NCCCCCCNc4ccc5c(c4)C(=O)N(C4CCC(=O)NC4=O)C5=O)c3)c(N)n2)CC1. The Morgan fingerprint density at radius 1 is 0.945 bits per heavy atom. The fourth-order valence-corrected chi connectivity index (χ4v) is 7.48. The number of fused-ring (bicyclic) bond motifs is 1. The lowest BCUT2D eigenvalue weighted by Gasteiger charge is -2.37. The molecule has 55 heavy (non-hydrogen) atoms. The third kappa shape index (κ3) is 9.96. The summed E-state index contributed by atoms with van der Waals surface area (Å²) >= 11 is 1.34. The highest BCUT2D eigenvalue weighted by molar-refractivity contribution is 7.99. The molecule has 4 heterocycles. The largest absolute Gasteiger partial charge is 0.385 e. The van der Waals surface area contributed by atoms with Crippen LogP contribution >= 0.6 is 11.8 Å². The van der Waals surface area contributed by atoms with Crippen molar-refractivity contribution in [3.63, 3.8) is 0 Å². The average Bonchev–Trinajstić information content (AvgIpc) is 3.38. The van der Waals surface area contributed by atoms with E-state index < -0.39 is 35.6 Å². The Bertz CT molecular complexity index is 1980. The number of nitrogen functional groups attached to an aromatic ring is 1. The molecule has 17 heteroatoms. The minimum absolute atomic E-state index is 0.0661. The van der Waals surface area contributed by atoms with Crippen molar-refractivity contribution >= 4 is 70.2 Å². The Kier molecular flexibility index (Phi) is 12.3. The standard InChI is InChI=1S/C38H46N10O6S/c1-38(40)13-17-47(18-14-38)29-22-43-35(33(39)45-29)55-25-8-6-7-24(19-25)44-32(51)21-31(50)42-16-5-3-2-4-15-41-23-9-10-26-27(20-23)37(54)48(36(26)53)28-11-12-30(49)46-34(28)52/h6-10,19-20,22,28,41H,2-5,11-18,21,40H2,1H3,(H2,39,45)(H,42,50)(H,44,51)(H,46,49,52). The van der Waals surface area contributed by atoms with Crippen LogP contribution in [0.1, 0.15) is 85.4 Å². The van der Waals surface area contributed by atoms with E-state index >= 15 is 0 Å². The van der Waals surface area contributed by atoms with Gasteiger partial charge in [-0.1, -0.05) is 30.7 Å². The van der Waals surface area contributed by atoms with Gasteiger partial charge in [-0.05, 0) is 75.4 Å². The van der Waals surface area contributed by atoms with Gasteiger partial charge in [0.05, 0.1) is 17.3 Å². The molecule has 1 atom stereocenters. The molecule has 0 radical (unpaired) electrons. The normalized spacial score (nSPS) is 17.8. The Morgan fingerprint density at radius 2 is 1.69 bits per heavy atom. The molecule has 6 rings (SSSR count). The van der Waals surface area contributed by atoms with Gasteiger partial charge in [0.2, 0.25) is 23.6 Å². The second-order valence-electron chi connectivity index (χ2n) is 14.3. The molecule has 8 N–H and O–H groups in total. The summed E-state index contributed by atoms with van der Waals surface area (Å²) in [5.74, 6) is -1.89. The van der Waals surface area contributed by atoms with Gasteiger partial charge < -0.3 is 32.3 Å². The van der Waals surface area contributed by atoms with E-state index in [1.165, 1.54) is 11.8 Å². The van der Waals surface area contributed by atoms with Crippen LogP contribution in [0.5, 0.6) is 0 Å². The van der Waals surface area contributed by atoms with Crippen molar-refractivity contribution in [2.45, 2.75) is 86.2 Å². The van der Waals surface area contributed by atoms with Gasteiger partial charge in [0.25, 0.3) is 11.8 Å². The van der Waals surface area contributed by atoms with Crippen LogP contribution in [0.2, 0.25) is 0 Å². The second-order valence-corrected chi connectivity index (χ2v) is 15.4. The van der Waals surface area contributed by atoms with E-state index in [1.807, 2.05) is 6.07 Å². The van der Waals surface area contributed by atoms with E-state index in [0.29, 0.717) is 35.3 Å². The number of rotatable bonds is 15. The van der Waals surface area contributed by atoms with Crippen molar-refractivity contribution in [3.05, 3.63) is 59.8 Å². The number of nitrogens with zero attached hydrogens (tertiary/aromatic N) is 4. The summed E-state index contributed by atoms with van der Waals surface area (Å²) in [6.07, 6.45) is 6.64. The van der Waals surface area contributed by atoms with E-state index in [9.17, 15) is 28.8 Å². The summed E-state index contributed by atoms with van der Waals surface area (Å²) in [5, 5.41) is 11.6. The Balaban J connectivity index is 0.853. The number of unbranched alkanes of at least 4 members (excludes halogenated alkanes) is 3. The fraction of sp³-hybridized carbons (Fsp3) is 0.421. The van der Waals surface area contributed by atoms with Crippen LogP contribution in [0.3, 0.4) is 0 Å². The first kappa shape index (κ1) is 39.2. The van der Waals surface area contributed by atoms with E-state index in [-0.39, 0.29) is 41.8 Å². The smallest absolute Gasteiger partial charge is 0.262 e. The van der Waals surface area contributed by atoms with Crippen LogP contribution in [-0.2, 0) is 19.2 Å². The number of amides is 6. The molecule has 0 aliphatic carbocycles. The second kappa shape index (κ2) is 17.3. The lowest BCUT2D eigenvalue weighted by molar-refractivity contribution is -0.136. The number of anilines is 4. The fourth-order valence-electron chi connectivity index (χ4n) is 6.67. The van der Waals surface area contributed by atoms with Gasteiger partial charge in [0, 0.05) is 54.4 Å². The maximum atomic E-state index is 13.0. The van der Waals surface area contributed by atoms with Crippen LogP contribution in [0.4, 0.5) is 23.0 Å². The zero-order valence-electron chi connectivity index (χ0n) is 30.7. The molecular formula is C38H46N10O6S. The van der Waals surface area contributed by atoms with Gasteiger partial charge in [-0.25, -0.2) is 9.97 Å². The highest BCUT2D eigenvalue weighted by Crippen LogP contribution is 2.33. The number of aromatic nitrogens is 2. The van der Waals surface area contributed by atoms with Gasteiger partial charge in [0.1, 0.15) is 23.3 Å². The van der Waals surface area contributed by atoms with Crippen LogP contribution in [0.15, 0.2) is 58.6 Å². The number of benzene rings is 2. The molecule has 3 aliphatic heterocycles. The van der Waals surface area contributed by atoms with Crippen molar-refractivity contribution in [3.8, 4) is 0 Å². The van der Waals surface area contributed by atoms with Crippen LogP contribution in [0, 0.1) is 0 Å². The van der Waals surface area contributed by atoms with Crippen molar-refractivity contribution < 1.29 is 28.8 Å². The molecule has 2 saturated heterocycles. The quantitative estimate of drug-likeness (QED) is 0.0742. The lowest BCUT2D eigenvalue weighted by atomic mass is 9.91. The molecule has 16 nitrogen and oxygen atoms in total. The molecule has 3 aliphatic rings. The molecule has 0 saturated carbocycles. The first-order valence-electron chi connectivity index (χ1n) is 18.5. The molecule has 0 spiro atoms. The van der Waals surface area contributed by atoms with Crippen molar-refractivity contribution in [2.75, 3.05) is 47.4 Å². The van der Waals surface area contributed by atoms with Crippen LogP contribution in [0.25, 0.3) is 0 Å². The third-order valence-corrected chi connectivity index (χ3v) is 10.8. The molecule has 6 amide bonds. The molecular weight excluding hydrogens is 725 g/mol. The van der Waals surface area contributed by atoms with Crippen molar-refractivity contribution in [2.24, 2.45) is 5.73 Å². The van der Waals surface area contributed by atoms with Gasteiger partial charge in [-0.3, -0.25) is 39.0 Å². The summed E-state index contributed by atoms with van der Waals surface area (Å²) < 4.78 is 0. The zero-order chi connectivity index (χ0) is 39.1. The Hall–Kier alpha value is -5.55.